The van der Waals surface area contributed by atoms with Crippen LogP contribution in [0, 0.1) is 0 Å². The van der Waals surface area contributed by atoms with Gasteiger partial charge in [-0.2, -0.15) is 3.71 Å². The van der Waals surface area contributed by atoms with Crippen molar-refractivity contribution >= 4 is 41.4 Å². The first-order valence-electron chi connectivity index (χ1n) is 7.80. The van der Waals surface area contributed by atoms with E-state index in [9.17, 15) is 25.3 Å². The first-order chi connectivity index (χ1) is 11.4. The van der Waals surface area contributed by atoms with Gasteiger partial charge in [0.15, 0.2) is 0 Å². The molecule has 0 fully saturated rings. The first-order valence-corrected chi connectivity index (χ1v) is 12.9. The molecular weight excluding hydrogens is 388 g/mol. The van der Waals surface area contributed by atoms with Gasteiger partial charge in [-0.1, -0.05) is 6.07 Å². The Morgan fingerprint density at radius 2 is 1.56 bits per heavy atom. The quantitative estimate of drug-likeness (QED) is 0.689. The highest BCUT2D eigenvalue weighted by molar-refractivity contribution is 8.10. The summed E-state index contributed by atoms with van der Waals surface area (Å²) in [4.78, 5) is 0. The van der Waals surface area contributed by atoms with Crippen LogP contribution in [0.2, 0.25) is 0 Å². The number of sulfonamides is 3. The van der Waals surface area contributed by atoms with Crippen LogP contribution in [0.15, 0.2) is 18.2 Å². The summed E-state index contributed by atoms with van der Waals surface area (Å²) in [6, 6.07) is 4.33. The molecule has 0 aromatic heterocycles. The standard InChI is InChI=1S/C14H22N2O6S3/c1-4-24(19,20)16(25(21,22)5-2)13-9-8-12-7-6-10-15(14(12)11-13)23(3,17)18/h8-9,11H,4-7,10H2,1-3H3. The van der Waals surface area contributed by atoms with Crippen LogP contribution in [0.25, 0.3) is 0 Å². The van der Waals surface area contributed by atoms with E-state index in [2.05, 4.69) is 0 Å². The highest BCUT2D eigenvalue weighted by Crippen LogP contribution is 2.34. The Kier molecular flexibility index (Phi) is 5.41. The average Bonchev–Trinajstić information content (AvgIpc) is 2.53. The largest absolute Gasteiger partial charge is 0.270 e. The third-order valence-electron chi connectivity index (χ3n) is 3.99. The lowest BCUT2D eigenvalue weighted by Crippen LogP contribution is -2.39. The molecular formula is C14H22N2O6S3. The number of hydrogen-bond donors (Lipinski definition) is 0. The molecule has 8 nitrogen and oxygen atoms in total. The lowest BCUT2D eigenvalue weighted by molar-refractivity contribution is 0.585. The fraction of sp³-hybridized carbons (Fsp3) is 0.571. The van der Waals surface area contributed by atoms with E-state index < -0.39 is 30.1 Å². The minimum Gasteiger partial charge on any atom is -0.270 e. The summed E-state index contributed by atoms with van der Waals surface area (Å²) in [6.07, 6.45) is 2.35. The Balaban J connectivity index is 2.70. The predicted octanol–water partition coefficient (Wildman–Crippen LogP) is 0.905. The van der Waals surface area contributed by atoms with E-state index in [1.54, 1.807) is 6.07 Å². The van der Waals surface area contributed by atoms with Crippen LogP contribution in [-0.2, 0) is 36.5 Å². The minimum atomic E-state index is -4.09. The predicted molar refractivity (Wildman–Crippen MR) is 98.4 cm³/mol. The van der Waals surface area contributed by atoms with Crippen molar-refractivity contribution in [2.45, 2.75) is 26.7 Å². The molecule has 0 spiro atoms. The van der Waals surface area contributed by atoms with E-state index in [-0.39, 0.29) is 23.7 Å². The molecule has 1 aliphatic heterocycles. The molecule has 0 aliphatic carbocycles. The SMILES string of the molecule is CCS(=O)(=O)N(c1ccc2c(c1)N(S(C)(=O)=O)CCC2)S(=O)(=O)CC. The highest BCUT2D eigenvalue weighted by Gasteiger charge is 2.33. The molecule has 11 heteroatoms. The maximum atomic E-state index is 12.4. The van der Waals surface area contributed by atoms with E-state index in [1.807, 2.05) is 0 Å². The van der Waals surface area contributed by atoms with Gasteiger partial charge in [-0.3, -0.25) is 4.31 Å². The number of fused-ring (bicyclic) bond motifs is 1. The normalized spacial score (nSPS) is 15.7. The zero-order chi connectivity index (χ0) is 19.0. The second-order valence-corrected chi connectivity index (χ2v) is 12.1. The van der Waals surface area contributed by atoms with Crippen molar-refractivity contribution in [2.75, 3.05) is 32.3 Å². The van der Waals surface area contributed by atoms with Gasteiger partial charge in [0.25, 0.3) is 0 Å². The zero-order valence-electron chi connectivity index (χ0n) is 14.3. The van der Waals surface area contributed by atoms with Crippen molar-refractivity contribution in [3.8, 4) is 0 Å². The van der Waals surface area contributed by atoms with Crippen molar-refractivity contribution < 1.29 is 25.3 Å². The molecule has 0 saturated carbocycles. The van der Waals surface area contributed by atoms with Crippen LogP contribution in [-0.4, -0.2) is 49.6 Å². The van der Waals surface area contributed by atoms with Crippen LogP contribution in [0.5, 0.6) is 0 Å². The highest BCUT2D eigenvalue weighted by atomic mass is 32.3. The molecule has 0 N–H and O–H groups in total. The summed E-state index contributed by atoms with van der Waals surface area (Å²) in [6.45, 7) is 2.99. The van der Waals surface area contributed by atoms with Crippen LogP contribution in [0.4, 0.5) is 11.4 Å². The van der Waals surface area contributed by atoms with E-state index in [0.717, 1.165) is 11.8 Å². The Labute approximate surface area is 149 Å². The number of rotatable bonds is 6. The fourth-order valence-electron chi connectivity index (χ4n) is 2.72. The Morgan fingerprint density at radius 1 is 1.00 bits per heavy atom. The fourth-order valence-corrected chi connectivity index (χ4v) is 7.06. The van der Waals surface area contributed by atoms with Gasteiger partial charge >= 0.3 is 0 Å². The van der Waals surface area contributed by atoms with Crippen LogP contribution in [0.1, 0.15) is 25.8 Å². The number of hydrogen-bond acceptors (Lipinski definition) is 6. The van der Waals surface area contributed by atoms with Crippen LogP contribution in [0.3, 0.4) is 0 Å². The third-order valence-corrected chi connectivity index (χ3v) is 9.43. The maximum absolute atomic E-state index is 12.4. The summed E-state index contributed by atoms with van der Waals surface area (Å²) < 4.78 is 75.1. The van der Waals surface area contributed by atoms with Gasteiger partial charge in [0.2, 0.25) is 30.1 Å². The molecule has 142 valence electrons. The summed E-state index contributed by atoms with van der Waals surface area (Å²) in [5.41, 5.74) is 0.995. The van der Waals surface area contributed by atoms with Gasteiger partial charge in [0.05, 0.1) is 29.1 Å². The molecule has 1 aromatic carbocycles. The zero-order valence-corrected chi connectivity index (χ0v) is 16.8. The molecule has 0 amide bonds. The third kappa shape index (κ3) is 3.93. The number of nitrogens with zero attached hydrogens (tertiary/aromatic N) is 2. The average molecular weight is 411 g/mol. The van der Waals surface area contributed by atoms with Crippen molar-refractivity contribution in [1.29, 1.82) is 0 Å². The van der Waals surface area contributed by atoms with Crippen molar-refractivity contribution in [3.05, 3.63) is 23.8 Å². The van der Waals surface area contributed by atoms with Gasteiger partial charge in [-0.25, -0.2) is 25.3 Å². The van der Waals surface area contributed by atoms with Crippen LogP contribution >= 0.6 is 0 Å². The summed E-state index contributed by atoms with van der Waals surface area (Å²) in [5.74, 6) is -0.780. The van der Waals surface area contributed by atoms with Gasteiger partial charge in [-0.05, 0) is 44.4 Å². The Bertz CT molecular complexity index is 934. The molecule has 0 radical (unpaired) electrons. The molecule has 1 aliphatic rings. The van der Waals surface area contributed by atoms with E-state index in [4.69, 9.17) is 0 Å². The molecule has 1 heterocycles. The van der Waals surface area contributed by atoms with Crippen molar-refractivity contribution in [1.82, 2.24) is 0 Å². The molecule has 0 unspecified atom stereocenters. The molecule has 0 bridgehead atoms. The summed E-state index contributed by atoms with van der Waals surface area (Å²) >= 11 is 0. The number of benzene rings is 1. The monoisotopic (exact) mass is 410 g/mol. The lowest BCUT2D eigenvalue weighted by atomic mass is 10.0. The number of anilines is 2. The smallest absolute Gasteiger partial charge is 0.247 e. The second-order valence-electron chi connectivity index (χ2n) is 5.75. The molecule has 0 atom stereocenters. The molecule has 2 rings (SSSR count). The van der Waals surface area contributed by atoms with Gasteiger partial charge in [0, 0.05) is 6.54 Å². The van der Waals surface area contributed by atoms with Crippen molar-refractivity contribution in [2.24, 2.45) is 0 Å². The Morgan fingerprint density at radius 3 is 2.04 bits per heavy atom. The second kappa shape index (κ2) is 6.76. The Hall–Kier alpha value is -1.33. The van der Waals surface area contributed by atoms with Gasteiger partial charge < -0.3 is 0 Å². The first kappa shape index (κ1) is 20.0. The molecule has 25 heavy (non-hydrogen) atoms. The maximum Gasteiger partial charge on any atom is 0.247 e. The van der Waals surface area contributed by atoms with E-state index in [1.165, 1.54) is 30.3 Å². The van der Waals surface area contributed by atoms with Gasteiger partial charge in [0.1, 0.15) is 0 Å². The lowest BCUT2D eigenvalue weighted by Gasteiger charge is -2.31. The minimum absolute atomic E-state index is 0.0713. The molecule has 1 aromatic rings. The topological polar surface area (TPSA) is 109 Å². The number of aryl methyl sites for hydroxylation is 1. The van der Waals surface area contributed by atoms with E-state index >= 15 is 0 Å². The van der Waals surface area contributed by atoms with Crippen molar-refractivity contribution in [3.63, 3.8) is 0 Å². The molecule has 0 saturated heterocycles. The van der Waals surface area contributed by atoms with E-state index in [0.29, 0.717) is 22.2 Å². The summed E-state index contributed by atoms with van der Waals surface area (Å²) in [5, 5.41) is 0. The van der Waals surface area contributed by atoms with Gasteiger partial charge in [-0.15, -0.1) is 0 Å². The van der Waals surface area contributed by atoms with Crippen LogP contribution < -0.4 is 8.02 Å². The summed E-state index contributed by atoms with van der Waals surface area (Å²) in [7, 11) is -11.7.